The van der Waals surface area contributed by atoms with E-state index in [1.807, 2.05) is 30.5 Å². The topological polar surface area (TPSA) is 61.8 Å². The Morgan fingerprint density at radius 3 is 2.67 bits per heavy atom. The first kappa shape index (κ1) is 10.1. The van der Waals surface area contributed by atoms with Gasteiger partial charge in [-0.1, -0.05) is 23.9 Å². The van der Waals surface area contributed by atoms with Crippen LogP contribution in [0, 0.1) is 11.3 Å². The van der Waals surface area contributed by atoms with Crippen molar-refractivity contribution in [1.82, 2.24) is 5.32 Å². The summed E-state index contributed by atoms with van der Waals surface area (Å²) < 4.78 is 0. The summed E-state index contributed by atoms with van der Waals surface area (Å²) in [7, 11) is 0. The van der Waals surface area contributed by atoms with E-state index in [4.69, 9.17) is 11.0 Å². The van der Waals surface area contributed by atoms with Gasteiger partial charge in [0.15, 0.2) is 0 Å². The molecule has 1 aromatic rings. The quantitative estimate of drug-likeness (QED) is 0.791. The van der Waals surface area contributed by atoms with Crippen LogP contribution in [-0.4, -0.2) is 6.54 Å². The maximum Gasteiger partial charge on any atom is 0.102 e. The first-order valence-corrected chi connectivity index (χ1v) is 5.53. The Morgan fingerprint density at radius 2 is 2.13 bits per heavy atom. The third-order valence-electron chi connectivity index (χ3n) is 2.21. The minimum atomic E-state index is 0.233. The van der Waals surface area contributed by atoms with Crippen molar-refractivity contribution in [2.45, 2.75) is 5.37 Å². The van der Waals surface area contributed by atoms with Gasteiger partial charge in [0.1, 0.15) is 5.37 Å². The highest BCUT2D eigenvalue weighted by Gasteiger charge is 2.17. The number of nitrogens with one attached hydrogen (secondary N) is 1. The number of benzene rings is 1. The van der Waals surface area contributed by atoms with Crippen molar-refractivity contribution < 1.29 is 0 Å². The molecule has 3 nitrogen and oxygen atoms in total. The molecule has 1 unspecified atom stereocenters. The van der Waals surface area contributed by atoms with Crippen LogP contribution in [0.25, 0.3) is 0 Å². The molecule has 1 aromatic carbocycles. The Hall–Kier alpha value is -1.44. The van der Waals surface area contributed by atoms with Gasteiger partial charge in [-0.25, -0.2) is 0 Å². The molecule has 0 spiro atoms. The molecule has 1 aliphatic heterocycles. The molecule has 0 fully saturated rings. The maximum atomic E-state index is 8.68. The highest BCUT2D eigenvalue weighted by molar-refractivity contribution is 8.03. The molecule has 0 saturated carbocycles. The van der Waals surface area contributed by atoms with Crippen molar-refractivity contribution in [3.63, 3.8) is 0 Å². The second-order valence-corrected chi connectivity index (χ2v) is 4.44. The zero-order valence-electron chi connectivity index (χ0n) is 8.10. The second kappa shape index (κ2) is 4.39. The highest BCUT2D eigenvalue weighted by atomic mass is 32.2. The number of hydrogen-bond acceptors (Lipinski definition) is 4. The Balaban J connectivity index is 2.10. The molecule has 0 bridgehead atoms. The van der Waals surface area contributed by atoms with Crippen LogP contribution in [-0.2, 0) is 0 Å². The summed E-state index contributed by atoms with van der Waals surface area (Å²) in [6.45, 7) is 0.574. The Labute approximate surface area is 93.0 Å². The predicted molar refractivity (Wildman–Crippen MR) is 61.8 cm³/mol. The van der Waals surface area contributed by atoms with Gasteiger partial charge in [-0.15, -0.1) is 0 Å². The molecule has 0 amide bonds. The van der Waals surface area contributed by atoms with Crippen LogP contribution < -0.4 is 11.1 Å². The molecule has 3 N–H and O–H groups in total. The predicted octanol–water partition coefficient (Wildman–Crippen LogP) is 1.69. The maximum absolute atomic E-state index is 8.68. The third kappa shape index (κ3) is 2.14. The van der Waals surface area contributed by atoms with Crippen LogP contribution in [0.1, 0.15) is 16.5 Å². The molecule has 0 radical (unpaired) electrons. The zero-order chi connectivity index (χ0) is 10.7. The third-order valence-corrected chi connectivity index (χ3v) is 3.44. The number of nitrogens with two attached hydrogens (primary N) is 1. The fourth-order valence-electron chi connectivity index (χ4n) is 1.39. The molecule has 2 rings (SSSR count). The van der Waals surface area contributed by atoms with Gasteiger partial charge in [0, 0.05) is 17.6 Å². The van der Waals surface area contributed by atoms with Gasteiger partial charge in [-0.2, -0.15) is 5.26 Å². The van der Waals surface area contributed by atoms with E-state index in [1.165, 1.54) is 5.56 Å². The van der Waals surface area contributed by atoms with E-state index in [9.17, 15) is 0 Å². The van der Waals surface area contributed by atoms with Crippen LogP contribution in [0.15, 0.2) is 35.4 Å². The smallest absolute Gasteiger partial charge is 0.102 e. The van der Waals surface area contributed by atoms with Crippen LogP contribution in [0.3, 0.4) is 0 Å². The van der Waals surface area contributed by atoms with Crippen LogP contribution >= 0.6 is 11.8 Å². The summed E-state index contributed by atoms with van der Waals surface area (Å²) in [6, 6.07) is 9.70. The number of rotatable bonds is 2. The van der Waals surface area contributed by atoms with E-state index in [-0.39, 0.29) is 5.37 Å². The van der Waals surface area contributed by atoms with Gasteiger partial charge in [-0.05, 0) is 17.7 Å². The molecule has 4 heteroatoms. The summed E-state index contributed by atoms with van der Waals surface area (Å²) in [5.74, 6) is 0. The highest BCUT2D eigenvalue weighted by Crippen LogP contribution is 2.36. The molecule has 0 aliphatic carbocycles. The Bertz CT molecular complexity index is 416. The molecule has 15 heavy (non-hydrogen) atoms. The molecule has 1 aliphatic rings. The van der Waals surface area contributed by atoms with E-state index >= 15 is 0 Å². The summed E-state index contributed by atoms with van der Waals surface area (Å²) in [6.07, 6.45) is 1.95. The molecule has 76 valence electrons. The summed E-state index contributed by atoms with van der Waals surface area (Å²) >= 11 is 1.72. The SMILES string of the molecule is N#Cc1ccc(C2NC=C(CN)S2)cc1. The Morgan fingerprint density at radius 1 is 1.40 bits per heavy atom. The zero-order valence-corrected chi connectivity index (χ0v) is 8.92. The minimum absolute atomic E-state index is 0.233. The first-order chi connectivity index (χ1) is 7.33. The first-order valence-electron chi connectivity index (χ1n) is 4.65. The number of nitriles is 1. The van der Waals surface area contributed by atoms with Crippen LogP contribution in [0.2, 0.25) is 0 Å². The lowest BCUT2D eigenvalue weighted by molar-refractivity contribution is 0.860. The van der Waals surface area contributed by atoms with Crippen LogP contribution in [0.4, 0.5) is 0 Å². The normalized spacial score (nSPS) is 19.2. The summed E-state index contributed by atoms with van der Waals surface area (Å²) in [4.78, 5) is 1.16. The van der Waals surface area contributed by atoms with Gasteiger partial charge in [0.2, 0.25) is 0 Å². The van der Waals surface area contributed by atoms with Gasteiger partial charge in [-0.3, -0.25) is 0 Å². The van der Waals surface area contributed by atoms with E-state index in [0.29, 0.717) is 12.1 Å². The van der Waals surface area contributed by atoms with E-state index in [2.05, 4.69) is 11.4 Å². The van der Waals surface area contributed by atoms with Crippen molar-refractivity contribution in [3.05, 3.63) is 46.5 Å². The van der Waals surface area contributed by atoms with Gasteiger partial charge >= 0.3 is 0 Å². The monoisotopic (exact) mass is 217 g/mol. The fraction of sp³-hybridized carbons (Fsp3) is 0.182. The molecule has 1 atom stereocenters. The van der Waals surface area contributed by atoms with Crippen molar-refractivity contribution in [2.75, 3.05) is 6.54 Å². The largest absolute Gasteiger partial charge is 0.375 e. The van der Waals surface area contributed by atoms with Crippen molar-refractivity contribution in [3.8, 4) is 6.07 Å². The second-order valence-electron chi connectivity index (χ2n) is 3.21. The van der Waals surface area contributed by atoms with Gasteiger partial charge in [0.25, 0.3) is 0 Å². The molecular weight excluding hydrogens is 206 g/mol. The van der Waals surface area contributed by atoms with Crippen LogP contribution in [0.5, 0.6) is 0 Å². The number of thioether (sulfide) groups is 1. The lowest BCUT2D eigenvalue weighted by Gasteiger charge is -2.10. The molecule has 0 aromatic heterocycles. The Kier molecular flexibility index (Phi) is 2.95. The van der Waals surface area contributed by atoms with Gasteiger partial charge in [0.05, 0.1) is 11.6 Å². The summed E-state index contributed by atoms with van der Waals surface area (Å²) in [5, 5.41) is 12.2. The minimum Gasteiger partial charge on any atom is -0.375 e. The van der Waals surface area contributed by atoms with Gasteiger partial charge < -0.3 is 11.1 Å². The lowest BCUT2D eigenvalue weighted by Crippen LogP contribution is -2.06. The van der Waals surface area contributed by atoms with E-state index < -0.39 is 0 Å². The standard InChI is InChI=1S/C11H11N3S/c12-5-8-1-3-9(4-2-8)11-14-7-10(6-13)15-11/h1-4,7,11,14H,6,13H2. The summed E-state index contributed by atoms with van der Waals surface area (Å²) in [5.41, 5.74) is 7.40. The van der Waals surface area contributed by atoms with E-state index in [0.717, 1.165) is 4.91 Å². The fourth-order valence-corrected chi connectivity index (χ4v) is 2.36. The molecular formula is C11H11N3S. The van der Waals surface area contributed by atoms with Crippen molar-refractivity contribution >= 4 is 11.8 Å². The number of nitrogens with zero attached hydrogens (tertiary/aromatic N) is 1. The van der Waals surface area contributed by atoms with Crippen molar-refractivity contribution in [2.24, 2.45) is 5.73 Å². The lowest BCUT2D eigenvalue weighted by atomic mass is 10.1. The molecule has 0 saturated heterocycles. The number of hydrogen-bond donors (Lipinski definition) is 2. The van der Waals surface area contributed by atoms with E-state index in [1.54, 1.807) is 11.8 Å². The average Bonchev–Trinajstić information content (AvgIpc) is 2.78. The molecule has 1 heterocycles. The van der Waals surface area contributed by atoms with Crippen molar-refractivity contribution in [1.29, 1.82) is 5.26 Å². The average molecular weight is 217 g/mol.